The molecule has 0 spiro atoms. The molecule has 2 aromatic carbocycles. The Hall–Kier alpha value is -1.46. The zero-order chi connectivity index (χ0) is 13.8. The van der Waals surface area contributed by atoms with Gasteiger partial charge in [0.25, 0.3) is 0 Å². The third kappa shape index (κ3) is 3.30. The monoisotopic (exact) mass is 327 g/mol. The number of hydrogen-bond acceptors (Lipinski definition) is 2. The van der Waals surface area contributed by atoms with E-state index < -0.39 is 5.82 Å². The molecule has 0 aliphatic rings. The van der Waals surface area contributed by atoms with Gasteiger partial charge in [0, 0.05) is 11.6 Å². The summed E-state index contributed by atoms with van der Waals surface area (Å²) >= 11 is 3.26. The lowest BCUT2D eigenvalue weighted by atomic mass is 10.1. The summed E-state index contributed by atoms with van der Waals surface area (Å²) in [6.07, 6.45) is 0.356. The molecular weight excluding hydrogens is 316 g/mol. The third-order valence-electron chi connectivity index (χ3n) is 2.58. The van der Waals surface area contributed by atoms with Crippen molar-refractivity contribution >= 4 is 15.9 Å². The Bertz CT molecular complexity index is 590. The molecule has 0 atom stereocenters. The molecule has 0 aliphatic carbocycles. The topological polar surface area (TPSA) is 35.2 Å². The Morgan fingerprint density at radius 2 is 1.89 bits per heavy atom. The highest BCUT2D eigenvalue weighted by atomic mass is 79.9. The van der Waals surface area contributed by atoms with Crippen LogP contribution in [0.4, 0.5) is 8.78 Å². The summed E-state index contributed by atoms with van der Waals surface area (Å²) in [6, 6.07) is 8.60. The van der Waals surface area contributed by atoms with E-state index >= 15 is 0 Å². The lowest BCUT2D eigenvalue weighted by Gasteiger charge is -2.12. The van der Waals surface area contributed by atoms with E-state index in [4.69, 9.17) is 10.5 Å². The second-order valence-corrected chi connectivity index (χ2v) is 4.79. The summed E-state index contributed by atoms with van der Waals surface area (Å²) < 4.78 is 33.0. The lowest BCUT2D eigenvalue weighted by Crippen LogP contribution is -2.06. The summed E-state index contributed by atoms with van der Waals surface area (Å²) in [7, 11) is 0. The molecule has 19 heavy (non-hydrogen) atoms. The highest BCUT2D eigenvalue weighted by Crippen LogP contribution is 2.33. The first-order valence-electron chi connectivity index (χ1n) is 5.72. The van der Waals surface area contributed by atoms with Gasteiger partial charge in [-0.25, -0.2) is 8.78 Å². The Morgan fingerprint density at radius 3 is 2.63 bits per heavy atom. The fourth-order valence-electron chi connectivity index (χ4n) is 1.70. The van der Waals surface area contributed by atoms with E-state index in [9.17, 15) is 8.78 Å². The highest BCUT2D eigenvalue weighted by Gasteiger charge is 2.11. The van der Waals surface area contributed by atoms with Crippen LogP contribution in [0.5, 0.6) is 11.5 Å². The Labute approximate surface area is 118 Å². The number of hydrogen-bond donors (Lipinski definition) is 1. The first-order chi connectivity index (χ1) is 9.11. The molecule has 0 amide bonds. The maximum atomic E-state index is 13.7. The first-order valence-corrected chi connectivity index (χ1v) is 6.51. The molecule has 0 radical (unpaired) electrons. The van der Waals surface area contributed by atoms with Gasteiger partial charge < -0.3 is 10.5 Å². The standard InChI is InChI=1S/C14H12BrF2NO/c15-11-5-4-9(16)8-14(11)19-13-3-1-2-12(17)10(13)6-7-18/h1-5,8H,6-7,18H2. The van der Waals surface area contributed by atoms with E-state index in [2.05, 4.69) is 15.9 Å². The zero-order valence-corrected chi connectivity index (χ0v) is 11.6. The van der Waals surface area contributed by atoms with Gasteiger partial charge in [0.15, 0.2) is 0 Å². The molecule has 2 rings (SSSR count). The molecule has 100 valence electrons. The van der Waals surface area contributed by atoms with Crippen LogP contribution in [0.1, 0.15) is 5.56 Å². The van der Waals surface area contributed by atoms with Gasteiger partial charge in [0.05, 0.1) is 4.47 Å². The van der Waals surface area contributed by atoms with Crippen LogP contribution in [-0.4, -0.2) is 6.54 Å². The maximum Gasteiger partial charge on any atom is 0.144 e. The van der Waals surface area contributed by atoms with Crippen molar-refractivity contribution in [3.63, 3.8) is 0 Å². The van der Waals surface area contributed by atoms with Crippen LogP contribution in [0.3, 0.4) is 0 Å². The fraction of sp³-hybridized carbons (Fsp3) is 0.143. The average molecular weight is 328 g/mol. The van der Waals surface area contributed by atoms with E-state index in [1.807, 2.05) is 0 Å². The number of nitrogens with two attached hydrogens (primary N) is 1. The van der Waals surface area contributed by atoms with Gasteiger partial charge in [-0.05, 0) is 53.2 Å². The van der Waals surface area contributed by atoms with Crippen molar-refractivity contribution in [2.75, 3.05) is 6.54 Å². The highest BCUT2D eigenvalue weighted by molar-refractivity contribution is 9.10. The summed E-state index contributed by atoms with van der Waals surface area (Å²) in [5.41, 5.74) is 5.84. The van der Waals surface area contributed by atoms with E-state index in [1.54, 1.807) is 6.07 Å². The maximum absolute atomic E-state index is 13.7. The summed E-state index contributed by atoms with van der Waals surface area (Å²) in [5, 5.41) is 0. The van der Waals surface area contributed by atoms with Crippen molar-refractivity contribution < 1.29 is 13.5 Å². The van der Waals surface area contributed by atoms with Crippen molar-refractivity contribution in [1.29, 1.82) is 0 Å². The molecule has 2 nitrogen and oxygen atoms in total. The number of rotatable bonds is 4. The summed E-state index contributed by atoms with van der Waals surface area (Å²) in [4.78, 5) is 0. The van der Waals surface area contributed by atoms with Gasteiger partial charge in [-0.3, -0.25) is 0 Å². The first kappa shape index (κ1) is 14.0. The molecule has 0 unspecified atom stereocenters. The molecule has 2 aromatic rings. The molecule has 0 saturated heterocycles. The molecule has 0 heterocycles. The van der Waals surface area contributed by atoms with E-state index in [1.165, 1.54) is 30.3 Å². The van der Waals surface area contributed by atoms with Gasteiger partial charge in [0.2, 0.25) is 0 Å². The Balaban J connectivity index is 2.37. The van der Waals surface area contributed by atoms with Crippen molar-refractivity contribution in [3.05, 3.63) is 58.1 Å². The second-order valence-electron chi connectivity index (χ2n) is 3.93. The van der Waals surface area contributed by atoms with Crippen LogP contribution in [0.25, 0.3) is 0 Å². The molecule has 0 aliphatic heterocycles. The van der Waals surface area contributed by atoms with Crippen LogP contribution in [0.15, 0.2) is 40.9 Å². The van der Waals surface area contributed by atoms with Crippen LogP contribution in [-0.2, 0) is 6.42 Å². The predicted molar refractivity (Wildman–Crippen MR) is 73.3 cm³/mol. The van der Waals surface area contributed by atoms with Crippen molar-refractivity contribution in [3.8, 4) is 11.5 Å². The van der Waals surface area contributed by atoms with Crippen LogP contribution in [0, 0.1) is 11.6 Å². The predicted octanol–water partition coefficient (Wildman–Crippen LogP) is 4.02. The van der Waals surface area contributed by atoms with Gasteiger partial charge in [0.1, 0.15) is 23.1 Å². The number of halogens is 3. The zero-order valence-electron chi connectivity index (χ0n) is 10.00. The minimum absolute atomic E-state index is 0.295. The van der Waals surface area contributed by atoms with E-state index in [0.717, 1.165) is 0 Å². The smallest absolute Gasteiger partial charge is 0.144 e. The van der Waals surface area contributed by atoms with E-state index in [0.29, 0.717) is 34.5 Å². The second kappa shape index (κ2) is 6.12. The molecular formula is C14H12BrF2NO. The van der Waals surface area contributed by atoms with Gasteiger partial charge >= 0.3 is 0 Å². The van der Waals surface area contributed by atoms with Crippen LogP contribution >= 0.6 is 15.9 Å². The van der Waals surface area contributed by atoms with Crippen molar-refractivity contribution in [2.24, 2.45) is 5.73 Å². The van der Waals surface area contributed by atoms with Gasteiger partial charge in [-0.2, -0.15) is 0 Å². The fourth-order valence-corrected chi connectivity index (χ4v) is 2.02. The molecule has 0 aromatic heterocycles. The lowest BCUT2D eigenvalue weighted by molar-refractivity contribution is 0.459. The normalized spacial score (nSPS) is 10.5. The van der Waals surface area contributed by atoms with Gasteiger partial charge in [-0.15, -0.1) is 0 Å². The minimum Gasteiger partial charge on any atom is -0.456 e. The van der Waals surface area contributed by atoms with Gasteiger partial charge in [-0.1, -0.05) is 6.07 Å². The largest absolute Gasteiger partial charge is 0.456 e. The SMILES string of the molecule is NCCc1c(F)cccc1Oc1cc(F)ccc1Br. The third-order valence-corrected chi connectivity index (χ3v) is 3.24. The molecule has 0 saturated carbocycles. The number of ether oxygens (including phenoxy) is 1. The van der Waals surface area contributed by atoms with E-state index in [-0.39, 0.29) is 5.82 Å². The molecule has 2 N–H and O–H groups in total. The summed E-state index contributed by atoms with van der Waals surface area (Å²) in [5.74, 6) is -0.161. The average Bonchev–Trinajstić information content (AvgIpc) is 2.38. The van der Waals surface area contributed by atoms with Crippen LogP contribution < -0.4 is 10.5 Å². The Morgan fingerprint density at radius 1 is 1.11 bits per heavy atom. The number of benzene rings is 2. The molecule has 0 bridgehead atoms. The van der Waals surface area contributed by atoms with Crippen LogP contribution in [0.2, 0.25) is 0 Å². The Kier molecular flexibility index (Phi) is 4.50. The quantitative estimate of drug-likeness (QED) is 0.920. The van der Waals surface area contributed by atoms with Crippen molar-refractivity contribution in [1.82, 2.24) is 0 Å². The van der Waals surface area contributed by atoms with Crippen molar-refractivity contribution in [2.45, 2.75) is 6.42 Å². The molecule has 5 heteroatoms. The molecule has 0 fully saturated rings. The summed E-state index contributed by atoms with van der Waals surface area (Å²) in [6.45, 7) is 0.307. The minimum atomic E-state index is -0.421.